The first-order valence-electron chi connectivity index (χ1n) is 6.63. The molecule has 1 rings (SSSR count). The Morgan fingerprint density at radius 2 is 1.80 bits per heavy atom. The van der Waals surface area contributed by atoms with Crippen LogP contribution < -0.4 is 4.74 Å². The fourth-order valence-electron chi connectivity index (χ4n) is 1.97. The number of aryl methyl sites for hydroxylation is 2. The van der Waals surface area contributed by atoms with Gasteiger partial charge in [-0.3, -0.25) is 9.59 Å². The zero-order valence-corrected chi connectivity index (χ0v) is 12.2. The van der Waals surface area contributed by atoms with Gasteiger partial charge in [-0.1, -0.05) is 6.07 Å². The van der Waals surface area contributed by atoms with Gasteiger partial charge in [0.25, 0.3) is 0 Å². The first-order chi connectivity index (χ1) is 9.42. The van der Waals surface area contributed by atoms with Crippen LogP contribution in [0.1, 0.15) is 24.5 Å². The molecule has 0 saturated carbocycles. The van der Waals surface area contributed by atoms with Gasteiger partial charge in [-0.05, 0) is 44.0 Å². The van der Waals surface area contributed by atoms with Gasteiger partial charge in [0.1, 0.15) is 12.3 Å². The lowest BCUT2D eigenvalue weighted by Crippen LogP contribution is -2.36. The predicted molar refractivity (Wildman–Crippen MR) is 75.9 cm³/mol. The highest BCUT2D eigenvalue weighted by atomic mass is 16.5. The maximum atomic E-state index is 11.8. The summed E-state index contributed by atoms with van der Waals surface area (Å²) >= 11 is 0. The molecule has 1 aromatic rings. The lowest BCUT2D eigenvalue weighted by Gasteiger charge is -2.18. The predicted octanol–water partition coefficient (Wildman–Crippen LogP) is 2.01. The third-order valence-corrected chi connectivity index (χ3v) is 2.84. The number of carboxylic acids is 1. The monoisotopic (exact) mass is 279 g/mol. The Balaban J connectivity index is 2.46. The van der Waals surface area contributed by atoms with Gasteiger partial charge in [-0.15, -0.1) is 0 Å². The molecule has 0 unspecified atom stereocenters. The van der Waals surface area contributed by atoms with Crippen LogP contribution in [0, 0.1) is 13.8 Å². The first-order valence-corrected chi connectivity index (χ1v) is 6.63. The molecule has 0 spiro atoms. The Labute approximate surface area is 119 Å². The number of likely N-dealkylation sites (N-methyl/N-ethyl adjacent to an activating group) is 1. The van der Waals surface area contributed by atoms with E-state index in [0.29, 0.717) is 6.54 Å². The molecule has 0 atom stereocenters. The summed E-state index contributed by atoms with van der Waals surface area (Å²) in [6.07, 6.45) is 0.175. The van der Waals surface area contributed by atoms with Crippen LogP contribution in [0.15, 0.2) is 18.2 Å². The van der Waals surface area contributed by atoms with Gasteiger partial charge in [0.05, 0.1) is 13.0 Å². The molecule has 1 aromatic carbocycles. The van der Waals surface area contributed by atoms with Gasteiger partial charge in [0.2, 0.25) is 5.91 Å². The maximum Gasteiger partial charge on any atom is 0.323 e. The highest BCUT2D eigenvalue weighted by Crippen LogP contribution is 2.16. The third-order valence-electron chi connectivity index (χ3n) is 2.84. The minimum absolute atomic E-state index is 0.175. The molecule has 0 saturated heterocycles. The number of nitrogens with zero attached hydrogens (tertiary/aromatic N) is 1. The van der Waals surface area contributed by atoms with Crippen LogP contribution in [0.2, 0.25) is 0 Å². The average Bonchev–Trinajstić information content (AvgIpc) is 2.34. The normalized spacial score (nSPS) is 10.2. The molecule has 0 aliphatic carbocycles. The summed E-state index contributed by atoms with van der Waals surface area (Å²) in [6, 6.07) is 5.86. The van der Waals surface area contributed by atoms with Crippen LogP contribution in [-0.4, -0.2) is 41.6 Å². The van der Waals surface area contributed by atoms with Crippen molar-refractivity contribution in [3.8, 4) is 5.75 Å². The highest BCUT2D eigenvalue weighted by Gasteiger charge is 2.14. The van der Waals surface area contributed by atoms with Gasteiger partial charge in [0, 0.05) is 6.54 Å². The van der Waals surface area contributed by atoms with E-state index in [1.807, 2.05) is 32.0 Å². The number of amides is 1. The molecular weight excluding hydrogens is 258 g/mol. The number of aliphatic carboxylic acids is 1. The molecule has 0 aliphatic rings. The summed E-state index contributed by atoms with van der Waals surface area (Å²) < 4.78 is 5.54. The Kier molecular flexibility index (Phi) is 6.03. The van der Waals surface area contributed by atoms with E-state index in [9.17, 15) is 9.59 Å². The first kappa shape index (κ1) is 16.0. The molecular formula is C15H21NO4. The second kappa shape index (κ2) is 7.53. The molecule has 0 aromatic heterocycles. The van der Waals surface area contributed by atoms with Gasteiger partial charge in [-0.25, -0.2) is 0 Å². The fourth-order valence-corrected chi connectivity index (χ4v) is 1.97. The SMILES string of the molecule is CCN(CC(=O)O)C(=O)CCOc1cc(C)cc(C)c1. The maximum absolute atomic E-state index is 11.8. The third kappa shape index (κ3) is 5.30. The quantitative estimate of drug-likeness (QED) is 0.829. The number of carbonyl (C=O) groups is 2. The van der Waals surface area contributed by atoms with Crippen molar-refractivity contribution in [3.63, 3.8) is 0 Å². The second-order valence-corrected chi connectivity index (χ2v) is 4.72. The van der Waals surface area contributed by atoms with Crippen molar-refractivity contribution in [2.75, 3.05) is 19.7 Å². The van der Waals surface area contributed by atoms with Crippen molar-refractivity contribution in [2.24, 2.45) is 0 Å². The van der Waals surface area contributed by atoms with Gasteiger partial charge >= 0.3 is 5.97 Å². The molecule has 0 radical (unpaired) electrons. The van der Waals surface area contributed by atoms with Crippen LogP contribution in [0.5, 0.6) is 5.75 Å². The van der Waals surface area contributed by atoms with Crippen LogP contribution in [0.3, 0.4) is 0 Å². The van der Waals surface area contributed by atoms with Crippen LogP contribution in [0.4, 0.5) is 0 Å². The van der Waals surface area contributed by atoms with E-state index in [4.69, 9.17) is 9.84 Å². The number of hydrogen-bond acceptors (Lipinski definition) is 3. The lowest BCUT2D eigenvalue weighted by atomic mass is 10.1. The van der Waals surface area contributed by atoms with Gasteiger partial charge < -0.3 is 14.7 Å². The van der Waals surface area contributed by atoms with Gasteiger partial charge in [-0.2, -0.15) is 0 Å². The second-order valence-electron chi connectivity index (χ2n) is 4.72. The molecule has 1 N–H and O–H groups in total. The largest absolute Gasteiger partial charge is 0.493 e. The summed E-state index contributed by atoms with van der Waals surface area (Å²) in [4.78, 5) is 23.7. The zero-order chi connectivity index (χ0) is 15.1. The standard InChI is InChI=1S/C15H21NO4/c1-4-16(10-15(18)19)14(17)5-6-20-13-8-11(2)7-12(3)9-13/h7-9H,4-6,10H2,1-3H3,(H,18,19). The number of carboxylic acid groups (broad SMARTS) is 1. The Hall–Kier alpha value is -2.04. The number of benzene rings is 1. The van der Waals surface area contributed by atoms with E-state index in [1.54, 1.807) is 6.92 Å². The Bertz CT molecular complexity index is 465. The summed E-state index contributed by atoms with van der Waals surface area (Å²) in [5.74, 6) is -0.480. The lowest BCUT2D eigenvalue weighted by molar-refractivity contribution is -0.144. The zero-order valence-electron chi connectivity index (χ0n) is 12.2. The minimum atomic E-state index is -1.00. The summed E-state index contributed by atoms with van der Waals surface area (Å²) in [5.41, 5.74) is 2.21. The molecule has 5 nitrogen and oxygen atoms in total. The van der Waals surface area contributed by atoms with Crippen molar-refractivity contribution < 1.29 is 19.4 Å². The van der Waals surface area contributed by atoms with E-state index < -0.39 is 5.97 Å². The van der Waals surface area contributed by atoms with Crippen molar-refractivity contribution >= 4 is 11.9 Å². The molecule has 0 fully saturated rings. The van der Waals surface area contributed by atoms with E-state index in [2.05, 4.69) is 0 Å². The van der Waals surface area contributed by atoms with Crippen molar-refractivity contribution in [2.45, 2.75) is 27.2 Å². The fraction of sp³-hybridized carbons (Fsp3) is 0.467. The van der Waals surface area contributed by atoms with E-state index in [0.717, 1.165) is 16.9 Å². The van der Waals surface area contributed by atoms with E-state index in [1.165, 1.54) is 4.90 Å². The Morgan fingerprint density at radius 1 is 1.20 bits per heavy atom. The van der Waals surface area contributed by atoms with E-state index in [-0.39, 0.29) is 25.5 Å². The van der Waals surface area contributed by atoms with Crippen LogP contribution in [-0.2, 0) is 9.59 Å². The molecule has 110 valence electrons. The number of hydrogen-bond donors (Lipinski definition) is 1. The van der Waals surface area contributed by atoms with Crippen molar-refractivity contribution in [3.05, 3.63) is 29.3 Å². The van der Waals surface area contributed by atoms with Crippen LogP contribution in [0.25, 0.3) is 0 Å². The van der Waals surface area contributed by atoms with Crippen LogP contribution >= 0.6 is 0 Å². The molecule has 20 heavy (non-hydrogen) atoms. The van der Waals surface area contributed by atoms with Crippen molar-refractivity contribution in [1.82, 2.24) is 4.90 Å². The van der Waals surface area contributed by atoms with Gasteiger partial charge in [0.15, 0.2) is 0 Å². The highest BCUT2D eigenvalue weighted by molar-refractivity contribution is 5.81. The molecule has 0 aliphatic heterocycles. The minimum Gasteiger partial charge on any atom is -0.493 e. The number of carbonyl (C=O) groups excluding carboxylic acids is 1. The molecule has 5 heteroatoms. The Morgan fingerprint density at radius 3 is 2.30 bits per heavy atom. The van der Waals surface area contributed by atoms with E-state index >= 15 is 0 Å². The smallest absolute Gasteiger partial charge is 0.323 e. The molecule has 0 bridgehead atoms. The molecule has 1 amide bonds. The summed E-state index contributed by atoms with van der Waals surface area (Å²) in [5, 5.41) is 8.70. The average molecular weight is 279 g/mol. The number of ether oxygens (including phenoxy) is 1. The summed E-state index contributed by atoms with van der Waals surface area (Å²) in [7, 11) is 0. The van der Waals surface area contributed by atoms with Crippen molar-refractivity contribution in [1.29, 1.82) is 0 Å². The summed E-state index contributed by atoms with van der Waals surface area (Å²) in [6.45, 7) is 6.09. The number of rotatable bonds is 7. The topological polar surface area (TPSA) is 66.8 Å². The molecule has 0 heterocycles.